The van der Waals surface area contributed by atoms with E-state index in [-0.39, 0.29) is 11.3 Å². The Balaban J connectivity index is 1.92. The summed E-state index contributed by atoms with van der Waals surface area (Å²) in [5.74, 6) is -0.203. The van der Waals surface area contributed by atoms with Crippen LogP contribution in [0.5, 0.6) is 0 Å². The van der Waals surface area contributed by atoms with Gasteiger partial charge >= 0.3 is 0 Å². The van der Waals surface area contributed by atoms with Gasteiger partial charge in [0, 0.05) is 11.3 Å². The average molecular weight is 331 g/mol. The molecular weight excluding hydrogens is 316 g/mol. The van der Waals surface area contributed by atoms with Crippen molar-refractivity contribution in [1.82, 2.24) is 14.8 Å². The molecule has 0 spiro atoms. The molecule has 118 valence electrons. The fourth-order valence-corrected chi connectivity index (χ4v) is 3.34. The quantitative estimate of drug-likeness (QED) is 0.662. The molecule has 23 heavy (non-hydrogen) atoms. The number of nitrogens with zero attached hydrogens (tertiary/aromatic N) is 3. The molecule has 0 saturated heterocycles. The molecule has 0 saturated carbocycles. The van der Waals surface area contributed by atoms with Crippen LogP contribution in [0.25, 0.3) is 5.69 Å². The van der Waals surface area contributed by atoms with Gasteiger partial charge in [0.1, 0.15) is 17.5 Å². The highest BCUT2D eigenvalue weighted by molar-refractivity contribution is 7.98. The summed E-state index contributed by atoms with van der Waals surface area (Å²) < 4.78 is 29.4. The Morgan fingerprint density at radius 2 is 1.65 bits per heavy atom. The topological polar surface area (TPSA) is 30.7 Å². The smallest absolute Gasteiger partial charge is 0.196 e. The second-order valence-electron chi connectivity index (χ2n) is 5.14. The molecule has 0 N–H and O–H groups in total. The summed E-state index contributed by atoms with van der Waals surface area (Å²) in [5, 5.41) is 8.85. The van der Waals surface area contributed by atoms with E-state index in [0.717, 1.165) is 17.1 Å². The third-order valence-electron chi connectivity index (χ3n) is 3.56. The van der Waals surface area contributed by atoms with E-state index in [1.54, 1.807) is 0 Å². The third kappa shape index (κ3) is 3.12. The van der Waals surface area contributed by atoms with Gasteiger partial charge in [0.15, 0.2) is 5.16 Å². The number of rotatable bonds is 4. The van der Waals surface area contributed by atoms with E-state index in [1.807, 2.05) is 42.7 Å². The molecule has 3 rings (SSSR count). The van der Waals surface area contributed by atoms with Crippen molar-refractivity contribution in [3.8, 4) is 5.69 Å². The van der Waals surface area contributed by atoms with E-state index in [2.05, 4.69) is 10.2 Å². The lowest BCUT2D eigenvalue weighted by Crippen LogP contribution is -2.02. The van der Waals surface area contributed by atoms with Crippen LogP contribution in [0.1, 0.15) is 17.0 Å². The predicted molar refractivity (Wildman–Crippen MR) is 86.8 cm³/mol. The second-order valence-corrected chi connectivity index (χ2v) is 6.08. The van der Waals surface area contributed by atoms with Crippen LogP contribution in [0.4, 0.5) is 8.78 Å². The van der Waals surface area contributed by atoms with Crippen LogP contribution < -0.4 is 0 Å². The summed E-state index contributed by atoms with van der Waals surface area (Å²) in [5.41, 5.74) is 2.09. The monoisotopic (exact) mass is 331 g/mol. The van der Waals surface area contributed by atoms with Gasteiger partial charge in [-0.05, 0) is 37.6 Å². The number of halogens is 2. The van der Waals surface area contributed by atoms with Gasteiger partial charge in [-0.3, -0.25) is 4.57 Å². The fraction of sp³-hybridized carbons (Fsp3) is 0.176. The molecule has 0 aliphatic heterocycles. The van der Waals surface area contributed by atoms with E-state index < -0.39 is 11.6 Å². The van der Waals surface area contributed by atoms with Crippen LogP contribution in [-0.4, -0.2) is 14.8 Å². The summed E-state index contributed by atoms with van der Waals surface area (Å²) in [7, 11) is 0. The van der Waals surface area contributed by atoms with Gasteiger partial charge in [0.25, 0.3) is 0 Å². The fourth-order valence-electron chi connectivity index (χ4n) is 2.34. The zero-order valence-corrected chi connectivity index (χ0v) is 13.6. The molecule has 0 radical (unpaired) electrons. The molecule has 0 fully saturated rings. The van der Waals surface area contributed by atoms with Crippen LogP contribution in [0.2, 0.25) is 0 Å². The third-order valence-corrected chi connectivity index (χ3v) is 4.51. The minimum absolute atomic E-state index is 0.0505. The standard InChI is InChI=1S/C17H15F2N3S/c1-11-6-3-4-9-16(11)22-12(2)20-21-17(22)23-10-13-14(18)7-5-8-15(13)19/h3-9H,10H2,1-2H3. The molecule has 3 aromatic rings. The van der Waals surface area contributed by atoms with Crippen molar-refractivity contribution in [3.05, 3.63) is 71.1 Å². The zero-order chi connectivity index (χ0) is 16.4. The minimum Gasteiger partial charge on any atom is -0.274 e. The number of hydrogen-bond acceptors (Lipinski definition) is 3. The maximum Gasteiger partial charge on any atom is 0.196 e. The molecule has 0 atom stereocenters. The molecule has 0 amide bonds. The van der Waals surface area contributed by atoms with Crippen LogP contribution in [-0.2, 0) is 5.75 Å². The molecule has 0 aliphatic carbocycles. The normalized spacial score (nSPS) is 11.0. The number of aromatic nitrogens is 3. The summed E-state index contributed by atoms with van der Waals surface area (Å²) in [6.07, 6.45) is 0. The Kier molecular flexibility index (Phi) is 4.43. The van der Waals surface area contributed by atoms with E-state index in [1.165, 1.54) is 30.0 Å². The summed E-state index contributed by atoms with van der Waals surface area (Å²) in [6, 6.07) is 11.7. The first-order valence-corrected chi connectivity index (χ1v) is 8.10. The van der Waals surface area contributed by atoms with Crippen LogP contribution >= 0.6 is 11.8 Å². The van der Waals surface area contributed by atoms with Crippen molar-refractivity contribution in [1.29, 1.82) is 0 Å². The van der Waals surface area contributed by atoms with Crippen molar-refractivity contribution >= 4 is 11.8 Å². The molecule has 2 aromatic carbocycles. The summed E-state index contributed by atoms with van der Waals surface area (Å²) in [6.45, 7) is 3.85. The van der Waals surface area contributed by atoms with E-state index >= 15 is 0 Å². The Hall–Kier alpha value is -2.21. The van der Waals surface area contributed by atoms with Gasteiger partial charge in [-0.15, -0.1) is 10.2 Å². The molecular formula is C17H15F2N3S. The van der Waals surface area contributed by atoms with Crippen molar-refractivity contribution in [3.63, 3.8) is 0 Å². The van der Waals surface area contributed by atoms with Crippen molar-refractivity contribution < 1.29 is 8.78 Å². The van der Waals surface area contributed by atoms with Crippen molar-refractivity contribution in [2.75, 3.05) is 0 Å². The first kappa shape index (κ1) is 15.7. The van der Waals surface area contributed by atoms with Crippen LogP contribution in [0.15, 0.2) is 47.6 Å². The van der Waals surface area contributed by atoms with Gasteiger partial charge in [-0.2, -0.15) is 0 Å². The van der Waals surface area contributed by atoms with E-state index in [4.69, 9.17) is 0 Å². The Morgan fingerprint density at radius 3 is 2.35 bits per heavy atom. The Labute approximate surface area is 137 Å². The van der Waals surface area contributed by atoms with E-state index in [9.17, 15) is 8.78 Å². The molecule has 0 unspecified atom stereocenters. The zero-order valence-electron chi connectivity index (χ0n) is 12.8. The van der Waals surface area contributed by atoms with Gasteiger partial charge in [0.05, 0.1) is 5.69 Å². The van der Waals surface area contributed by atoms with Gasteiger partial charge < -0.3 is 0 Å². The number of aryl methyl sites for hydroxylation is 2. The van der Waals surface area contributed by atoms with Crippen molar-refractivity contribution in [2.45, 2.75) is 24.8 Å². The average Bonchev–Trinajstić information content (AvgIpc) is 2.88. The first-order chi connectivity index (χ1) is 11.1. The number of benzene rings is 2. The predicted octanol–water partition coefficient (Wildman–Crippen LogP) is 4.45. The van der Waals surface area contributed by atoms with Crippen LogP contribution in [0, 0.1) is 25.5 Å². The highest BCUT2D eigenvalue weighted by Crippen LogP contribution is 2.28. The molecule has 0 aliphatic rings. The number of hydrogen-bond donors (Lipinski definition) is 0. The lowest BCUT2D eigenvalue weighted by molar-refractivity contribution is 0.566. The lowest BCUT2D eigenvalue weighted by atomic mass is 10.2. The highest BCUT2D eigenvalue weighted by Gasteiger charge is 2.15. The van der Waals surface area contributed by atoms with Crippen LogP contribution in [0.3, 0.4) is 0 Å². The highest BCUT2D eigenvalue weighted by atomic mass is 32.2. The van der Waals surface area contributed by atoms with Gasteiger partial charge in [0.2, 0.25) is 0 Å². The SMILES string of the molecule is Cc1ccccc1-n1c(C)nnc1SCc1c(F)cccc1F. The Morgan fingerprint density at radius 1 is 0.957 bits per heavy atom. The van der Waals surface area contributed by atoms with Gasteiger partial charge in [-0.1, -0.05) is 36.0 Å². The number of thioether (sulfide) groups is 1. The molecule has 3 nitrogen and oxygen atoms in total. The molecule has 1 heterocycles. The summed E-state index contributed by atoms with van der Waals surface area (Å²) >= 11 is 1.26. The summed E-state index contributed by atoms with van der Waals surface area (Å²) in [4.78, 5) is 0. The van der Waals surface area contributed by atoms with E-state index in [0.29, 0.717) is 5.16 Å². The largest absolute Gasteiger partial charge is 0.274 e. The maximum absolute atomic E-state index is 13.7. The number of para-hydroxylation sites is 1. The minimum atomic E-state index is -0.545. The van der Waals surface area contributed by atoms with Gasteiger partial charge in [-0.25, -0.2) is 8.78 Å². The Bertz CT molecular complexity index is 825. The molecule has 1 aromatic heterocycles. The van der Waals surface area contributed by atoms with Crippen molar-refractivity contribution in [2.24, 2.45) is 0 Å². The lowest BCUT2D eigenvalue weighted by Gasteiger charge is -2.11. The maximum atomic E-state index is 13.7. The molecule has 6 heteroatoms. The second kappa shape index (κ2) is 6.50. The molecule has 0 bridgehead atoms. The first-order valence-electron chi connectivity index (χ1n) is 7.11.